The molecule has 1 saturated heterocycles. The van der Waals surface area contributed by atoms with Crippen LogP contribution in [-0.2, 0) is 16.6 Å². The van der Waals surface area contributed by atoms with Gasteiger partial charge >= 0.3 is 0 Å². The molecule has 3 N–H and O–H groups in total. The molecule has 6 nitrogen and oxygen atoms in total. The average molecular weight is 452 g/mol. The highest BCUT2D eigenvalue weighted by atomic mass is 127. The summed E-state index contributed by atoms with van der Waals surface area (Å²) in [7, 11) is -3.34. The predicted molar refractivity (Wildman–Crippen MR) is 103 cm³/mol. The summed E-state index contributed by atoms with van der Waals surface area (Å²) in [5, 5.41) is 3.00. The van der Waals surface area contributed by atoms with Crippen LogP contribution in [0.1, 0.15) is 31.7 Å². The van der Waals surface area contributed by atoms with E-state index in [1.54, 1.807) is 28.6 Å². The smallest absolute Gasteiger partial charge is 0.243 e. The van der Waals surface area contributed by atoms with Crippen molar-refractivity contribution in [3.05, 3.63) is 29.8 Å². The van der Waals surface area contributed by atoms with E-state index in [-0.39, 0.29) is 24.0 Å². The third-order valence-electron chi connectivity index (χ3n) is 3.61. The van der Waals surface area contributed by atoms with Gasteiger partial charge in [-0.2, -0.15) is 4.31 Å². The van der Waals surface area contributed by atoms with Crippen molar-refractivity contribution in [2.24, 2.45) is 10.7 Å². The molecule has 2 rings (SSSR count). The fraction of sp³-hybridized carbons (Fsp3) is 0.533. The summed E-state index contributed by atoms with van der Waals surface area (Å²) in [6, 6.07) is 6.88. The lowest BCUT2D eigenvalue weighted by atomic mass is 10.2. The molecule has 0 amide bonds. The molecule has 0 radical (unpaired) electrons. The Morgan fingerprint density at radius 1 is 1.26 bits per heavy atom. The number of nitrogens with zero attached hydrogens (tertiary/aromatic N) is 2. The summed E-state index contributed by atoms with van der Waals surface area (Å²) < 4.78 is 26.3. The maximum atomic E-state index is 12.4. The minimum Gasteiger partial charge on any atom is -0.370 e. The zero-order valence-corrected chi connectivity index (χ0v) is 16.5. The molecular formula is C15H25IN4O2S. The van der Waals surface area contributed by atoms with Crippen LogP contribution in [0.15, 0.2) is 34.2 Å². The number of nitrogens with one attached hydrogen (secondary N) is 1. The molecule has 0 saturated carbocycles. The van der Waals surface area contributed by atoms with E-state index < -0.39 is 10.0 Å². The summed E-state index contributed by atoms with van der Waals surface area (Å²) >= 11 is 0. The lowest BCUT2D eigenvalue weighted by molar-refractivity contribution is 0.477. The summed E-state index contributed by atoms with van der Waals surface area (Å²) in [4.78, 5) is 4.57. The number of rotatable bonds is 6. The fourth-order valence-corrected chi connectivity index (χ4v) is 3.85. The largest absolute Gasteiger partial charge is 0.370 e. The minimum absolute atomic E-state index is 0. The predicted octanol–water partition coefficient (Wildman–Crippen LogP) is 1.90. The van der Waals surface area contributed by atoms with Crippen molar-refractivity contribution >= 4 is 40.0 Å². The molecule has 1 aliphatic heterocycles. The maximum absolute atomic E-state index is 12.4. The van der Waals surface area contributed by atoms with Gasteiger partial charge in [-0.1, -0.05) is 19.1 Å². The van der Waals surface area contributed by atoms with Crippen LogP contribution in [0.25, 0.3) is 0 Å². The molecule has 130 valence electrons. The molecular weight excluding hydrogens is 427 g/mol. The number of nitrogens with two attached hydrogens (primary N) is 1. The van der Waals surface area contributed by atoms with Crippen LogP contribution in [-0.4, -0.2) is 38.3 Å². The van der Waals surface area contributed by atoms with E-state index in [1.807, 2.05) is 0 Å². The van der Waals surface area contributed by atoms with Gasteiger partial charge in [0.05, 0.1) is 11.4 Å². The Bertz CT molecular complexity index is 611. The number of benzene rings is 1. The zero-order valence-electron chi connectivity index (χ0n) is 13.4. The highest BCUT2D eigenvalue weighted by Crippen LogP contribution is 2.21. The fourth-order valence-electron chi connectivity index (χ4n) is 2.33. The van der Waals surface area contributed by atoms with Crippen molar-refractivity contribution < 1.29 is 8.42 Å². The van der Waals surface area contributed by atoms with Crippen LogP contribution in [0, 0.1) is 0 Å². The highest BCUT2D eigenvalue weighted by Gasteiger charge is 2.26. The SMILES string of the molecule is CCCNC(N)=NCc1ccc(S(=O)(=O)N2CCCC2)cc1.I. The second-order valence-corrected chi connectivity index (χ2v) is 7.32. The molecule has 0 unspecified atom stereocenters. The minimum atomic E-state index is -3.34. The van der Waals surface area contributed by atoms with Gasteiger partial charge in [0.15, 0.2) is 5.96 Å². The van der Waals surface area contributed by atoms with Crippen molar-refractivity contribution in [1.82, 2.24) is 9.62 Å². The Kier molecular flexibility index (Phi) is 8.27. The van der Waals surface area contributed by atoms with Crippen LogP contribution < -0.4 is 11.1 Å². The molecule has 0 spiro atoms. The summed E-state index contributed by atoms with van der Waals surface area (Å²) in [5.74, 6) is 0.413. The van der Waals surface area contributed by atoms with E-state index in [4.69, 9.17) is 5.73 Å². The Hall–Kier alpha value is -0.870. The van der Waals surface area contributed by atoms with Gasteiger partial charge in [0, 0.05) is 19.6 Å². The van der Waals surface area contributed by atoms with Crippen molar-refractivity contribution in [2.75, 3.05) is 19.6 Å². The summed E-state index contributed by atoms with van der Waals surface area (Å²) in [6.07, 6.45) is 2.87. The first-order valence-electron chi connectivity index (χ1n) is 7.67. The molecule has 1 heterocycles. The molecule has 1 aliphatic rings. The van der Waals surface area contributed by atoms with Gasteiger partial charge in [0.1, 0.15) is 0 Å². The van der Waals surface area contributed by atoms with Crippen molar-refractivity contribution in [2.45, 2.75) is 37.6 Å². The molecule has 0 atom stereocenters. The molecule has 1 aromatic carbocycles. The van der Waals surface area contributed by atoms with Crippen LogP contribution in [0.3, 0.4) is 0 Å². The van der Waals surface area contributed by atoms with E-state index >= 15 is 0 Å². The normalized spacial score (nSPS) is 16.1. The Morgan fingerprint density at radius 3 is 2.43 bits per heavy atom. The standard InChI is InChI=1S/C15H24N4O2S.HI/c1-2-9-17-15(16)18-12-13-5-7-14(8-6-13)22(20,21)19-10-3-4-11-19;/h5-8H,2-4,9-12H2,1H3,(H3,16,17,18);1H. The molecule has 0 aromatic heterocycles. The first-order valence-corrected chi connectivity index (χ1v) is 9.11. The third kappa shape index (κ3) is 5.61. The molecule has 0 aliphatic carbocycles. The third-order valence-corrected chi connectivity index (χ3v) is 5.53. The second kappa shape index (κ2) is 9.43. The number of hydrogen-bond donors (Lipinski definition) is 2. The quantitative estimate of drug-likeness (QED) is 0.392. The van der Waals surface area contributed by atoms with Crippen molar-refractivity contribution in [3.63, 3.8) is 0 Å². The average Bonchev–Trinajstić information content (AvgIpc) is 3.06. The first kappa shape index (κ1) is 20.2. The van der Waals surface area contributed by atoms with Gasteiger partial charge in [-0.25, -0.2) is 13.4 Å². The summed E-state index contributed by atoms with van der Waals surface area (Å²) in [5.41, 5.74) is 6.66. The van der Waals surface area contributed by atoms with Crippen molar-refractivity contribution in [3.8, 4) is 0 Å². The van der Waals surface area contributed by atoms with Crippen LogP contribution >= 0.6 is 24.0 Å². The van der Waals surface area contributed by atoms with Gasteiger partial charge in [-0.3, -0.25) is 0 Å². The number of sulfonamides is 1. The molecule has 0 bridgehead atoms. The van der Waals surface area contributed by atoms with Gasteiger partial charge in [-0.05, 0) is 37.0 Å². The van der Waals surface area contributed by atoms with E-state index in [9.17, 15) is 8.42 Å². The van der Waals surface area contributed by atoms with E-state index in [2.05, 4.69) is 17.2 Å². The molecule has 1 aromatic rings. The Morgan fingerprint density at radius 2 is 1.87 bits per heavy atom. The van der Waals surface area contributed by atoms with Crippen molar-refractivity contribution in [1.29, 1.82) is 0 Å². The van der Waals surface area contributed by atoms with Crippen LogP contribution in [0.5, 0.6) is 0 Å². The van der Waals surface area contributed by atoms with E-state index in [1.165, 1.54) is 0 Å². The van der Waals surface area contributed by atoms with Crippen LogP contribution in [0.4, 0.5) is 0 Å². The van der Waals surface area contributed by atoms with E-state index in [0.717, 1.165) is 31.4 Å². The number of aliphatic imine (C=N–C) groups is 1. The van der Waals surface area contributed by atoms with E-state index in [0.29, 0.717) is 30.5 Å². The van der Waals surface area contributed by atoms with Gasteiger partial charge in [0.2, 0.25) is 10.0 Å². The molecule has 1 fully saturated rings. The van der Waals surface area contributed by atoms with Crippen LogP contribution in [0.2, 0.25) is 0 Å². The Labute approximate surface area is 155 Å². The maximum Gasteiger partial charge on any atom is 0.243 e. The second-order valence-electron chi connectivity index (χ2n) is 5.38. The monoisotopic (exact) mass is 452 g/mol. The topological polar surface area (TPSA) is 87.8 Å². The Balaban J connectivity index is 0.00000264. The summed E-state index contributed by atoms with van der Waals surface area (Å²) in [6.45, 7) is 4.52. The number of halogens is 1. The molecule has 23 heavy (non-hydrogen) atoms. The lowest BCUT2D eigenvalue weighted by Gasteiger charge is -2.15. The number of hydrogen-bond acceptors (Lipinski definition) is 3. The van der Waals surface area contributed by atoms with Gasteiger partial charge in [0.25, 0.3) is 0 Å². The first-order chi connectivity index (χ1) is 10.5. The van der Waals surface area contributed by atoms with Gasteiger partial charge in [-0.15, -0.1) is 24.0 Å². The zero-order chi connectivity index (χ0) is 16.0. The lowest BCUT2D eigenvalue weighted by Crippen LogP contribution is -2.32. The van der Waals surface area contributed by atoms with Gasteiger partial charge < -0.3 is 11.1 Å². The highest BCUT2D eigenvalue weighted by molar-refractivity contribution is 14.0. The molecule has 8 heteroatoms. The number of guanidine groups is 1.